The number of carbonyl (C=O) groups excluding carboxylic acids is 1. The number of hydrogen-bond acceptors (Lipinski definition) is 7. The van der Waals surface area contributed by atoms with Crippen molar-refractivity contribution in [3.05, 3.63) is 36.2 Å². The van der Waals surface area contributed by atoms with Crippen LogP contribution in [0.2, 0.25) is 0 Å². The number of piperidine rings is 1. The summed E-state index contributed by atoms with van der Waals surface area (Å²) in [6.45, 7) is 2.30. The minimum Gasteiger partial charge on any atom is -0.481 e. The van der Waals surface area contributed by atoms with E-state index in [1.807, 2.05) is 24.3 Å². The van der Waals surface area contributed by atoms with Crippen LogP contribution in [0.1, 0.15) is 18.4 Å². The molecule has 1 aromatic carbocycles. The topological polar surface area (TPSA) is 85.8 Å². The Kier molecular flexibility index (Phi) is 4.95. The molecular formula is C19H22N4O4. The van der Waals surface area contributed by atoms with E-state index in [1.165, 1.54) is 6.33 Å². The molecule has 0 saturated carbocycles. The lowest BCUT2D eigenvalue weighted by molar-refractivity contribution is -0.125. The summed E-state index contributed by atoms with van der Waals surface area (Å²) in [7, 11) is 1.59. The summed E-state index contributed by atoms with van der Waals surface area (Å²) < 4.78 is 15.8. The fourth-order valence-corrected chi connectivity index (χ4v) is 3.37. The lowest BCUT2D eigenvalue weighted by Crippen LogP contribution is -2.40. The number of fused-ring (bicyclic) bond motifs is 1. The zero-order valence-electron chi connectivity index (χ0n) is 15.2. The predicted molar refractivity (Wildman–Crippen MR) is 97.9 cm³/mol. The molecule has 8 nitrogen and oxygen atoms in total. The van der Waals surface area contributed by atoms with Gasteiger partial charge in [-0.05, 0) is 30.5 Å². The molecule has 2 aromatic rings. The fourth-order valence-electron chi connectivity index (χ4n) is 3.37. The molecule has 1 fully saturated rings. The number of carbonyl (C=O) groups is 1. The van der Waals surface area contributed by atoms with Crippen molar-refractivity contribution in [3.63, 3.8) is 0 Å². The molecule has 0 aliphatic carbocycles. The van der Waals surface area contributed by atoms with Gasteiger partial charge >= 0.3 is 0 Å². The van der Waals surface area contributed by atoms with Gasteiger partial charge in [-0.3, -0.25) is 4.79 Å². The number of nitrogens with zero attached hydrogens (tertiary/aromatic N) is 3. The van der Waals surface area contributed by atoms with E-state index in [2.05, 4.69) is 20.2 Å². The van der Waals surface area contributed by atoms with Gasteiger partial charge in [0.1, 0.15) is 12.1 Å². The minimum atomic E-state index is 0.0130. The molecular weight excluding hydrogens is 348 g/mol. The molecule has 0 unspecified atom stereocenters. The summed E-state index contributed by atoms with van der Waals surface area (Å²) in [6, 6.07) is 7.55. The summed E-state index contributed by atoms with van der Waals surface area (Å²) >= 11 is 0. The van der Waals surface area contributed by atoms with Crippen molar-refractivity contribution in [2.45, 2.75) is 19.4 Å². The van der Waals surface area contributed by atoms with E-state index in [1.54, 1.807) is 7.11 Å². The van der Waals surface area contributed by atoms with E-state index in [-0.39, 0.29) is 18.6 Å². The number of amides is 1. The zero-order valence-corrected chi connectivity index (χ0v) is 15.2. The number of hydrogen-bond donors (Lipinski definition) is 1. The van der Waals surface area contributed by atoms with Gasteiger partial charge in [0.2, 0.25) is 18.6 Å². The van der Waals surface area contributed by atoms with Crippen LogP contribution in [0.4, 0.5) is 5.82 Å². The number of anilines is 1. The van der Waals surface area contributed by atoms with Gasteiger partial charge in [-0.2, -0.15) is 0 Å². The molecule has 0 atom stereocenters. The Morgan fingerprint density at radius 2 is 2.04 bits per heavy atom. The molecule has 1 amide bonds. The maximum Gasteiger partial charge on any atom is 0.231 e. The highest BCUT2D eigenvalue weighted by atomic mass is 16.7. The van der Waals surface area contributed by atoms with E-state index >= 15 is 0 Å². The summed E-state index contributed by atoms with van der Waals surface area (Å²) in [4.78, 5) is 23.0. The quantitative estimate of drug-likeness (QED) is 0.858. The second-order valence-electron chi connectivity index (χ2n) is 6.59. The maximum atomic E-state index is 12.5. The molecule has 2 aliphatic rings. The second kappa shape index (κ2) is 7.69. The van der Waals surface area contributed by atoms with Crippen LogP contribution < -0.4 is 24.4 Å². The van der Waals surface area contributed by atoms with E-state index in [0.29, 0.717) is 12.4 Å². The van der Waals surface area contributed by atoms with Crippen molar-refractivity contribution in [2.24, 2.45) is 5.92 Å². The monoisotopic (exact) mass is 370 g/mol. The highest BCUT2D eigenvalue weighted by molar-refractivity contribution is 5.79. The lowest BCUT2D eigenvalue weighted by Gasteiger charge is -2.32. The summed E-state index contributed by atoms with van der Waals surface area (Å²) in [6.07, 6.45) is 3.08. The van der Waals surface area contributed by atoms with Crippen LogP contribution in [0, 0.1) is 5.92 Å². The molecule has 4 rings (SSSR count). The first kappa shape index (κ1) is 17.4. The first-order valence-corrected chi connectivity index (χ1v) is 9.00. The van der Waals surface area contributed by atoms with Gasteiger partial charge < -0.3 is 24.4 Å². The van der Waals surface area contributed by atoms with Gasteiger partial charge in [0.25, 0.3) is 0 Å². The van der Waals surface area contributed by atoms with Crippen LogP contribution in [-0.4, -0.2) is 42.9 Å². The van der Waals surface area contributed by atoms with Crippen LogP contribution in [-0.2, 0) is 11.3 Å². The van der Waals surface area contributed by atoms with Crippen LogP contribution in [0.15, 0.2) is 30.6 Å². The van der Waals surface area contributed by atoms with Gasteiger partial charge in [-0.15, -0.1) is 0 Å². The number of benzene rings is 1. The summed E-state index contributed by atoms with van der Waals surface area (Å²) in [5.41, 5.74) is 0.998. The largest absolute Gasteiger partial charge is 0.481 e. The number of aromatic nitrogens is 2. The van der Waals surface area contributed by atoms with E-state index in [0.717, 1.165) is 48.8 Å². The predicted octanol–water partition coefficient (Wildman–Crippen LogP) is 1.75. The minimum absolute atomic E-state index is 0.0130. The Bertz CT molecular complexity index is 821. The molecule has 0 spiro atoms. The maximum absolute atomic E-state index is 12.5. The van der Waals surface area contributed by atoms with Crippen LogP contribution >= 0.6 is 0 Å². The Morgan fingerprint density at radius 3 is 2.85 bits per heavy atom. The summed E-state index contributed by atoms with van der Waals surface area (Å²) in [5.74, 6) is 2.96. The van der Waals surface area contributed by atoms with Crippen molar-refractivity contribution in [1.29, 1.82) is 0 Å². The fraction of sp³-hybridized carbons (Fsp3) is 0.421. The highest BCUT2D eigenvalue weighted by Gasteiger charge is 2.26. The highest BCUT2D eigenvalue weighted by Crippen LogP contribution is 2.32. The van der Waals surface area contributed by atoms with Crippen molar-refractivity contribution >= 4 is 11.7 Å². The number of rotatable bonds is 5. The molecule has 1 saturated heterocycles. The first-order valence-electron chi connectivity index (χ1n) is 9.00. The van der Waals surface area contributed by atoms with Gasteiger partial charge in [0.05, 0.1) is 7.11 Å². The smallest absolute Gasteiger partial charge is 0.231 e. The Labute approximate surface area is 157 Å². The van der Waals surface area contributed by atoms with Crippen LogP contribution in [0.3, 0.4) is 0 Å². The lowest BCUT2D eigenvalue weighted by atomic mass is 9.96. The Balaban J connectivity index is 1.28. The SMILES string of the molecule is COc1cc(N2CCC(C(=O)NCc3ccc4c(c3)OCO4)CC2)ncn1. The van der Waals surface area contributed by atoms with Crippen molar-refractivity contribution in [3.8, 4) is 17.4 Å². The normalized spacial score (nSPS) is 16.3. The van der Waals surface area contributed by atoms with E-state index in [9.17, 15) is 4.79 Å². The molecule has 2 aliphatic heterocycles. The molecule has 1 N–H and O–H groups in total. The number of methoxy groups -OCH3 is 1. The molecule has 0 bridgehead atoms. The van der Waals surface area contributed by atoms with Gasteiger partial charge in [-0.25, -0.2) is 9.97 Å². The molecule has 0 radical (unpaired) electrons. The zero-order chi connectivity index (χ0) is 18.6. The molecule has 8 heteroatoms. The van der Waals surface area contributed by atoms with Crippen LogP contribution in [0.25, 0.3) is 0 Å². The third-order valence-electron chi connectivity index (χ3n) is 4.93. The van der Waals surface area contributed by atoms with E-state index < -0.39 is 0 Å². The Hall–Kier alpha value is -3.03. The number of ether oxygens (including phenoxy) is 3. The standard InChI is InChI=1S/C19H22N4O4/c1-25-18-9-17(21-11-22-18)23-6-4-14(5-7-23)19(24)20-10-13-2-3-15-16(8-13)27-12-26-15/h2-3,8-9,11,14H,4-7,10,12H2,1H3,(H,20,24). The third kappa shape index (κ3) is 3.89. The summed E-state index contributed by atoms with van der Waals surface area (Å²) in [5, 5.41) is 3.03. The van der Waals surface area contributed by atoms with Crippen molar-refractivity contribution in [1.82, 2.24) is 15.3 Å². The van der Waals surface area contributed by atoms with Gasteiger partial charge in [-0.1, -0.05) is 6.07 Å². The van der Waals surface area contributed by atoms with Crippen LogP contribution in [0.5, 0.6) is 17.4 Å². The Morgan fingerprint density at radius 1 is 1.22 bits per heavy atom. The third-order valence-corrected chi connectivity index (χ3v) is 4.93. The average Bonchev–Trinajstić information content (AvgIpc) is 3.20. The molecule has 3 heterocycles. The van der Waals surface area contributed by atoms with Crippen molar-refractivity contribution < 1.29 is 19.0 Å². The van der Waals surface area contributed by atoms with Gasteiger partial charge in [0.15, 0.2) is 11.5 Å². The molecule has 27 heavy (non-hydrogen) atoms. The van der Waals surface area contributed by atoms with Crippen molar-refractivity contribution in [2.75, 3.05) is 31.9 Å². The first-order chi connectivity index (χ1) is 13.2. The van der Waals surface area contributed by atoms with Gasteiger partial charge in [0, 0.05) is 31.6 Å². The van der Waals surface area contributed by atoms with E-state index in [4.69, 9.17) is 14.2 Å². The number of nitrogens with one attached hydrogen (secondary N) is 1. The molecule has 1 aromatic heterocycles. The molecule has 142 valence electrons. The second-order valence-corrected chi connectivity index (χ2v) is 6.59. The average molecular weight is 370 g/mol.